The number of carbonyl (C=O) groups excluding carboxylic acids is 1. The number of carbonyl (C=O) groups is 1. The van der Waals surface area contributed by atoms with Gasteiger partial charge in [0.15, 0.2) is 0 Å². The van der Waals surface area contributed by atoms with Crippen LogP contribution in [-0.2, 0) is 11.2 Å². The van der Waals surface area contributed by atoms with E-state index >= 15 is 0 Å². The van der Waals surface area contributed by atoms with Crippen molar-refractivity contribution in [2.75, 3.05) is 24.6 Å². The number of benzene rings is 1. The second-order valence-electron chi connectivity index (χ2n) is 5.92. The van der Waals surface area contributed by atoms with Crippen molar-refractivity contribution in [1.29, 1.82) is 0 Å². The summed E-state index contributed by atoms with van der Waals surface area (Å²) in [6.45, 7) is 1.21. The average molecular weight is 274 g/mol. The van der Waals surface area contributed by atoms with Crippen LogP contribution in [0.2, 0.25) is 0 Å². The first-order chi connectivity index (χ1) is 9.74. The molecule has 1 saturated carbocycles. The number of nitrogens with zero attached hydrogens (tertiary/aromatic N) is 1. The van der Waals surface area contributed by atoms with Gasteiger partial charge in [-0.25, -0.2) is 0 Å². The SMILES string of the molecule is O=C(CNC1(CO)CCCC1)N1CCc2ccccc21. The van der Waals surface area contributed by atoms with E-state index in [-0.39, 0.29) is 18.1 Å². The van der Waals surface area contributed by atoms with Gasteiger partial charge >= 0.3 is 0 Å². The Balaban J connectivity index is 1.63. The molecule has 1 aliphatic heterocycles. The number of fused-ring (bicyclic) bond motifs is 1. The minimum Gasteiger partial charge on any atom is -0.394 e. The molecule has 3 rings (SSSR count). The van der Waals surface area contributed by atoms with Gasteiger partial charge in [0.25, 0.3) is 0 Å². The van der Waals surface area contributed by atoms with Crippen LogP contribution in [0.15, 0.2) is 24.3 Å². The number of hydrogen-bond acceptors (Lipinski definition) is 3. The fourth-order valence-corrected chi connectivity index (χ4v) is 3.40. The van der Waals surface area contributed by atoms with E-state index in [2.05, 4.69) is 11.4 Å². The monoisotopic (exact) mass is 274 g/mol. The Morgan fingerprint density at radius 2 is 2.05 bits per heavy atom. The predicted molar refractivity (Wildman–Crippen MR) is 78.8 cm³/mol. The number of aliphatic hydroxyl groups is 1. The number of anilines is 1. The van der Waals surface area contributed by atoms with Crippen molar-refractivity contribution < 1.29 is 9.90 Å². The number of nitrogens with one attached hydrogen (secondary N) is 1. The zero-order valence-electron chi connectivity index (χ0n) is 11.8. The van der Waals surface area contributed by atoms with Gasteiger partial charge in [0, 0.05) is 17.8 Å². The van der Waals surface area contributed by atoms with E-state index in [1.165, 1.54) is 5.56 Å². The normalized spacial score (nSPS) is 20.1. The first-order valence-electron chi connectivity index (χ1n) is 7.48. The molecular weight excluding hydrogens is 252 g/mol. The van der Waals surface area contributed by atoms with Crippen molar-refractivity contribution >= 4 is 11.6 Å². The van der Waals surface area contributed by atoms with Crippen LogP contribution in [0.1, 0.15) is 31.2 Å². The summed E-state index contributed by atoms with van der Waals surface area (Å²) < 4.78 is 0. The van der Waals surface area contributed by atoms with Gasteiger partial charge in [-0.2, -0.15) is 0 Å². The molecule has 1 aliphatic carbocycles. The lowest BCUT2D eigenvalue weighted by molar-refractivity contribution is -0.118. The molecule has 1 aromatic carbocycles. The highest BCUT2D eigenvalue weighted by molar-refractivity contribution is 5.96. The Hall–Kier alpha value is -1.39. The summed E-state index contributed by atoms with van der Waals surface area (Å²) in [6, 6.07) is 8.09. The van der Waals surface area contributed by atoms with Gasteiger partial charge < -0.3 is 15.3 Å². The van der Waals surface area contributed by atoms with Crippen LogP contribution in [0.4, 0.5) is 5.69 Å². The third-order valence-corrected chi connectivity index (χ3v) is 4.67. The highest BCUT2D eigenvalue weighted by Gasteiger charge is 2.34. The second kappa shape index (κ2) is 5.54. The molecule has 2 aliphatic rings. The van der Waals surface area contributed by atoms with E-state index in [0.29, 0.717) is 6.54 Å². The molecule has 0 spiro atoms. The third-order valence-electron chi connectivity index (χ3n) is 4.67. The minimum atomic E-state index is -0.227. The molecule has 0 aromatic heterocycles. The van der Waals surface area contributed by atoms with E-state index in [9.17, 15) is 9.90 Å². The molecule has 1 aromatic rings. The van der Waals surface area contributed by atoms with Crippen LogP contribution >= 0.6 is 0 Å². The van der Waals surface area contributed by atoms with Crippen LogP contribution in [0.25, 0.3) is 0 Å². The quantitative estimate of drug-likeness (QED) is 0.874. The standard InChI is InChI=1S/C16H22N2O2/c19-12-16(8-3-4-9-16)17-11-15(20)18-10-7-13-5-1-2-6-14(13)18/h1-2,5-6,17,19H,3-4,7-12H2. The Morgan fingerprint density at radius 1 is 1.30 bits per heavy atom. The summed E-state index contributed by atoms with van der Waals surface area (Å²) in [5.41, 5.74) is 2.07. The molecule has 0 atom stereocenters. The first-order valence-corrected chi connectivity index (χ1v) is 7.48. The maximum Gasteiger partial charge on any atom is 0.240 e. The van der Waals surface area contributed by atoms with Crippen molar-refractivity contribution in [2.45, 2.75) is 37.6 Å². The van der Waals surface area contributed by atoms with Gasteiger partial charge in [0.1, 0.15) is 0 Å². The highest BCUT2D eigenvalue weighted by Crippen LogP contribution is 2.30. The predicted octanol–water partition coefficient (Wildman–Crippen LogP) is 1.47. The molecule has 0 radical (unpaired) electrons. The summed E-state index contributed by atoms with van der Waals surface area (Å²) >= 11 is 0. The summed E-state index contributed by atoms with van der Waals surface area (Å²) in [5.74, 6) is 0.106. The molecule has 1 fully saturated rings. The van der Waals surface area contributed by atoms with Crippen LogP contribution in [-0.4, -0.2) is 36.2 Å². The van der Waals surface area contributed by atoms with Gasteiger partial charge in [0.05, 0.1) is 13.2 Å². The van der Waals surface area contributed by atoms with Gasteiger partial charge in [-0.15, -0.1) is 0 Å². The average Bonchev–Trinajstić information content (AvgIpc) is 3.12. The van der Waals surface area contributed by atoms with Crippen molar-refractivity contribution in [2.24, 2.45) is 0 Å². The summed E-state index contributed by atoms with van der Waals surface area (Å²) in [5, 5.41) is 12.9. The van der Waals surface area contributed by atoms with Crippen molar-refractivity contribution in [3.05, 3.63) is 29.8 Å². The first kappa shape index (κ1) is 13.6. The minimum absolute atomic E-state index is 0.106. The fraction of sp³-hybridized carbons (Fsp3) is 0.562. The second-order valence-corrected chi connectivity index (χ2v) is 5.92. The lowest BCUT2D eigenvalue weighted by Gasteiger charge is -2.29. The number of aliphatic hydroxyl groups excluding tert-OH is 1. The van der Waals surface area contributed by atoms with Crippen LogP contribution in [0, 0.1) is 0 Å². The Bertz CT molecular complexity index is 495. The number of amides is 1. The molecule has 108 valence electrons. The topological polar surface area (TPSA) is 52.6 Å². The van der Waals surface area contributed by atoms with E-state index < -0.39 is 0 Å². The molecule has 1 amide bonds. The lowest BCUT2D eigenvalue weighted by atomic mass is 9.99. The number of rotatable bonds is 4. The maximum atomic E-state index is 12.4. The van der Waals surface area contributed by atoms with Crippen LogP contribution in [0.5, 0.6) is 0 Å². The number of hydrogen-bond donors (Lipinski definition) is 2. The van der Waals surface area contributed by atoms with E-state index in [1.807, 2.05) is 23.1 Å². The molecule has 0 saturated heterocycles. The van der Waals surface area contributed by atoms with Crippen molar-refractivity contribution in [1.82, 2.24) is 5.32 Å². The Kier molecular flexibility index (Phi) is 3.76. The van der Waals surface area contributed by atoms with E-state index in [1.54, 1.807) is 0 Å². The summed E-state index contributed by atoms with van der Waals surface area (Å²) in [6.07, 6.45) is 5.14. The zero-order valence-corrected chi connectivity index (χ0v) is 11.8. The molecule has 4 nitrogen and oxygen atoms in total. The lowest BCUT2D eigenvalue weighted by Crippen LogP contribution is -2.50. The zero-order chi connectivity index (χ0) is 14.0. The van der Waals surface area contributed by atoms with Crippen LogP contribution in [0.3, 0.4) is 0 Å². The van der Waals surface area contributed by atoms with Gasteiger partial charge in [0.2, 0.25) is 5.91 Å². The molecule has 4 heteroatoms. The van der Waals surface area contributed by atoms with Gasteiger partial charge in [-0.3, -0.25) is 4.79 Å². The van der Waals surface area contributed by atoms with Gasteiger partial charge in [-0.05, 0) is 30.9 Å². The number of para-hydroxylation sites is 1. The Morgan fingerprint density at radius 3 is 2.80 bits per heavy atom. The van der Waals surface area contributed by atoms with Crippen molar-refractivity contribution in [3.8, 4) is 0 Å². The highest BCUT2D eigenvalue weighted by atomic mass is 16.3. The fourth-order valence-electron chi connectivity index (χ4n) is 3.40. The van der Waals surface area contributed by atoms with E-state index in [0.717, 1.165) is 44.3 Å². The maximum absolute atomic E-state index is 12.4. The largest absolute Gasteiger partial charge is 0.394 e. The van der Waals surface area contributed by atoms with E-state index in [4.69, 9.17) is 0 Å². The smallest absolute Gasteiger partial charge is 0.240 e. The molecule has 0 bridgehead atoms. The Labute approximate surface area is 119 Å². The van der Waals surface area contributed by atoms with Crippen molar-refractivity contribution in [3.63, 3.8) is 0 Å². The molecule has 20 heavy (non-hydrogen) atoms. The third kappa shape index (κ3) is 2.45. The summed E-state index contributed by atoms with van der Waals surface area (Å²) in [4.78, 5) is 14.3. The molecule has 2 N–H and O–H groups in total. The molecular formula is C16H22N2O2. The van der Waals surface area contributed by atoms with Crippen LogP contribution < -0.4 is 10.2 Å². The summed E-state index contributed by atoms with van der Waals surface area (Å²) in [7, 11) is 0. The molecule has 0 unspecified atom stereocenters. The van der Waals surface area contributed by atoms with Gasteiger partial charge in [-0.1, -0.05) is 31.0 Å². The molecule has 1 heterocycles.